The summed E-state index contributed by atoms with van der Waals surface area (Å²) in [6.07, 6.45) is 0.918. The highest BCUT2D eigenvalue weighted by Gasteiger charge is 2.30. The van der Waals surface area contributed by atoms with Crippen LogP contribution in [0.25, 0.3) is 0 Å². The lowest BCUT2D eigenvalue weighted by atomic mass is 10.2. The van der Waals surface area contributed by atoms with E-state index in [0.717, 1.165) is 19.5 Å². The highest BCUT2D eigenvalue weighted by atomic mass is 32.2. The van der Waals surface area contributed by atoms with Crippen LogP contribution in [0, 0.1) is 0 Å². The summed E-state index contributed by atoms with van der Waals surface area (Å²) in [6, 6.07) is 0. The monoisotopic (exact) mass is 245 g/mol. The number of thioether (sulfide) groups is 1. The Labute approximate surface area is 103 Å². The Morgan fingerprint density at radius 3 is 2.56 bits per heavy atom. The number of carbonyl (C=O) groups excluding carboxylic acids is 1. The third kappa shape index (κ3) is 4.64. The van der Waals surface area contributed by atoms with Gasteiger partial charge in [0.1, 0.15) is 5.60 Å². The summed E-state index contributed by atoms with van der Waals surface area (Å²) in [5, 5.41) is 1.20. The van der Waals surface area contributed by atoms with Gasteiger partial charge in [0.2, 0.25) is 0 Å². The molecule has 1 saturated heterocycles. The van der Waals surface area contributed by atoms with Gasteiger partial charge in [0.05, 0.1) is 0 Å². The summed E-state index contributed by atoms with van der Waals surface area (Å²) in [5.41, 5.74) is -0.389. The molecule has 1 unspecified atom stereocenters. The first-order valence-corrected chi connectivity index (χ1v) is 6.85. The summed E-state index contributed by atoms with van der Waals surface area (Å²) < 4.78 is 5.35. The molecule has 0 aromatic carbocycles. The zero-order valence-corrected chi connectivity index (χ0v) is 11.8. The minimum absolute atomic E-state index is 0.167. The molecule has 94 valence electrons. The van der Waals surface area contributed by atoms with Crippen LogP contribution in [-0.2, 0) is 4.74 Å². The highest BCUT2D eigenvalue weighted by molar-refractivity contribution is 8.00. The van der Waals surface area contributed by atoms with Crippen molar-refractivity contribution in [2.45, 2.75) is 57.1 Å². The molecule has 0 radical (unpaired) electrons. The fourth-order valence-corrected chi connectivity index (χ4v) is 2.99. The van der Waals surface area contributed by atoms with Crippen molar-refractivity contribution in [3.63, 3.8) is 0 Å². The molecule has 4 heteroatoms. The normalized spacial score (nSPS) is 21.6. The second-order valence-electron chi connectivity index (χ2n) is 5.52. The number of nitrogens with zero attached hydrogens (tertiary/aromatic N) is 1. The first-order valence-electron chi connectivity index (χ1n) is 5.91. The smallest absolute Gasteiger partial charge is 0.410 e. The van der Waals surface area contributed by atoms with Crippen molar-refractivity contribution in [1.29, 1.82) is 0 Å². The van der Waals surface area contributed by atoms with Crippen molar-refractivity contribution in [1.82, 2.24) is 4.90 Å². The Hall–Kier alpha value is -0.380. The van der Waals surface area contributed by atoms with Crippen LogP contribution in [0.15, 0.2) is 0 Å². The number of hydrogen-bond donors (Lipinski definition) is 0. The molecule has 1 rings (SSSR count). The quantitative estimate of drug-likeness (QED) is 0.748. The predicted molar refractivity (Wildman–Crippen MR) is 68.9 cm³/mol. The van der Waals surface area contributed by atoms with Crippen molar-refractivity contribution in [3.8, 4) is 0 Å². The summed E-state index contributed by atoms with van der Waals surface area (Å²) >= 11 is 1.95. The van der Waals surface area contributed by atoms with Crippen molar-refractivity contribution < 1.29 is 9.53 Å². The van der Waals surface area contributed by atoms with E-state index < -0.39 is 0 Å². The number of amides is 1. The minimum atomic E-state index is -0.389. The van der Waals surface area contributed by atoms with E-state index in [4.69, 9.17) is 4.74 Å². The molecule has 16 heavy (non-hydrogen) atoms. The van der Waals surface area contributed by atoms with E-state index in [1.807, 2.05) is 37.4 Å². The molecule has 0 aromatic heterocycles. The molecule has 1 heterocycles. The molecule has 1 fully saturated rings. The summed E-state index contributed by atoms with van der Waals surface area (Å²) in [6.45, 7) is 11.8. The van der Waals surface area contributed by atoms with Crippen LogP contribution in [0.2, 0.25) is 0 Å². The maximum Gasteiger partial charge on any atom is 0.410 e. The lowest BCUT2D eigenvalue weighted by Crippen LogP contribution is -2.35. The summed E-state index contributed by atoms with van der Waals surface area (Å²) in [5.74, 6) is 0. The third-order valence-corrected chi connectivity index (χ3v) is 3.58. The Balaban J connectivity index is 2.38. The van der Waals surface area contributed by atoms with Crippen molar-refractivity contribution in [3.05, 3.63) is 0 Å². The molecule has 1 aliphatic heterocycles. The number of likely N-dealkylation sites (tertiary alicyclic amines) is 1. The van der Waals surface area contributed by atoms with Gasteiger partial charge >= 0.3 is 6.09 Å². The van der Waals surface area contributed by atoms with Crippen LogP contribution in [0.3, 0.4) is 0 Å². The van der Waals surface area contributed by atoms with Gasteiger partial charge in [0.15, 0.2) is 0 Å². The van der Waals surface area contributed by atoms with E-state index in [9.17, 15) is 4.79 Å². The van der Waals surface area contributed by atoms with Crippen LogP contribution in [0.4, 0.5) is 4.79 Å². The molecule has 1 aliphatic rings. The molecule has 1 amide bonds. The van der Waals surface area contributed by atoms with Crippen LogP contribution >= 0.6 is 11.8 Å². The first-order chi connectivity index (χ1) is 7.28. The molecule has 0 aromatic rings. The maximum absolute atomic E-state index is 11.8. The second-order valence-corrected chi connectivity index (χ2v) is 7.40. The fraction of sp³-hybridized carbons (Fsp3) is 0.917. The molecule has 1 atom stereocenters. The highest BCUT2D eigenvalue weighted by Crippen LogP contribution is 2.26. The van der Waals surface area contributed by atoms with Gasteiger partial charge in [0, 0.05) is 18.3 Å². The second kappa shape index (κ2) is 5.30. The van der Waals surface area contributed by atoms with Crippen LogP contribution in [-0.4, -0.2) is 40.2 Å². The van der Waals surface area contributed by atoms with Gasteiger partial charge in [-0.25, -0.2) is 4.79 Å². The average Bonchev–Trinajstić information content (AvgIpc) is 2.48. The molecular weight excluding hydrogens is 222 g/mol. The molecule has 0 bridgehead atoms. The Bertz CT molecular complexity index is 248. The maximum atomic E-state index is 11.8. The Kier molecular flexibility index (Phi) is 4.53. The molecule has 0 saturated carbocycles. The van der Waals surface area contributed by atoms with E-state index >= 15 is 0 Å². The van der Waals surface area contributed by atoms with Gasteiger partial charge < -0.3 is 9.64 Å². The molecular formula is C12H23NO2S. The average molecular weight is 245 g/mol. The number of rotatable bonds is 2. The van der Waals surface area contributed by atoms with E-state index in [0.29, 0.717) is 10.5 Å². The Morgan fingerprint density at radius 2 is 2.06 bits per heavy atom. The SMILES string of the molecule is CC(C)SC1CCN(C(=O)OC(C)(C)C)C1. The lowest BCUT2D eigenvalue weighted by Gasteiger charge is -2.24. The minimum Gasteiger partial charge on any atom is -0.444 e. The standard InChI is InChI=1S/C12H23NO2S/c1-9(2)16-10-6-7-13(8-10)11(14)15-12(3,4)5/h9-10H,6-8H2,1-5H3. The number of carbonyl (C=O) groups is 1. The van der Waals surface area contributed by atoms with Crippen LogP contribution in [0.5, 0.6) is 0 Å². The summed E-state index contributed by atoms with van der Waals surface area (Å²) in [7, 11) is 0. The third-order valence-electron chi connectivity index (χ3n) is 2.26. The molecule has 3 nitrogen and oxygen atoms in total. The van der Waals surface area contributed by atoms with Crippen molar-refractivity contribution in [2.24, 2.45) is 0 Å². The van der Waals surface area contributed by atoms with E-state index in [1.54, 1.807) is 0 Å². The zero-order valence-electron chi connectivity index (χ0n) is 10.9. The lowest BCUT2D eigenvalue weighted by molar-refractivity contribution is 0.0295. The zero-order chi connectivity index (χ0) is 12.3. The topological polar surface area (TPSA) is 29.5 Å². The van der Waals surface area contributed by atoms with Gasteiger partial charge in [-0.15, -0.1) is 0 Å². The van der Waals surface area contributed by atoms with E-state index in [-0.39, 0.29) is 11.7 Å². The predicted octanol–water partition coefficient (Wildman–Crippen LogP) is 3.14. The van der Waals surface area contributed by atoms with Crippen LogP contribution < -0.4 is 0 Å². The van der Waals surface area contributed by atoms with Crippen molar-refractivity contribution >= 4 is 17.9 Å². The van der Waals surface area contributed by atoms with Gasteiger partial charge in [-0.1, -0.05) is 13.8 Å². The van der Waals surface area contributed by atoms with E-state index in [2.05, 4.69) is 13.8 Å². The van der Waals surface area contributed by atoms with E-state index in [1.165, 1.54) is 0 Å². The molecule has 0 N–H and O–H groups in total. The number of hydrogen-bond acceptors (Lipinski definition) is 3. The van der Waals surface area contributed by atoms with Gasteiger partial charge in [0.25, 0.3) is 0 Å². The largest absolute Gasteiger partial charge is 0.444 e. The number of ether oxygens (including phenoxy) is 1. The van der Waals surface area contributed by atoms with Gasteiger partial charge in [-0.05, 0) is 32.4 Å². The summed E-state index contributed by atoms with van der Waals surface area (Å²) in [4.78, 5) is 13.6. The molecule has 0 spiro atoms. The first kappa shape index (κ1) is 13.7. The van der Waals surface area contributed by atoms with Crippen molar-refractivity contribution in [2.75, 3.05) is 13.1 Å². The fourth-order valence-electron chi connectivity index (χ4n) is 1.72. The van der Waals surface area contributed by atoms with Gasteiger partial charge in [-0.2, -0.15) is 11.8 Å². The molecule has 0 aliphatic carbocycles. The van der Waals surface area contributed by atoms with Gasteiger partial charge in [-0.3, -0.25) is 0 Å². The Morgan fingerprint density at radius 1 is 1.44 bits per heavy atom. The van der Waals surface area contributed by atoms with Crippen LogP contribution in [0.1, 0.15) is 41.0 Å².